The normalized spacial score (nSPS) is 11.5. The van der Waals surface area contributed by atoms with Gasteiger partial charge in [-0.1, -0.05) is 0 Å². The molecule has 2 N–H and O–H groups in total. The summed E-state index contributed by atoms with van der Waals surface area (Å²) in [7, 11) is -3.54. The number of rotatable bonds is 8. The molecule has 0 bridgehead atoms. The van der Waals surface area contributed by atoms with Gasteiger partial charge < -0.3 is 9.84 Å². The number of aromatic nitrogens is 1. The van der Waals surface area contributed by atoms with Crippen molar-refractivity contribution in [1.82, 2.24) is 9.71 Å². The third-order valence-corrected chi connectivity index (χ3v) is 4.82. The predicted molar refractivity (Wildman–Crippen MR) is 79.8 cm³/mol. The van der Waals surface area contributed by atoms with Gasteiger partial charge in [0.2, 0.25) is 10.0 Å². The van der Waals surface area contributed by atoms with Crippen LogP contribution in [-0.4, -0.2) is 31.7 Å². The zero-order valence-corrected chi connectivity index (χ0v) is 12.9. The maximum Gasteiger partial charge on any atom is 0.240 e. The van der Waals surface area contributed by atoms with Crippen molar-refractivity contribution in [2.75, 3.05) is 13.2 Å². The van der Waals surface area contributed by atoms with Gasteiger partial charge in [-0.15, -0.1) is 11.3 Å². The molecule has 0 unspecified atom stereocenters. The second-order valence-electron chi connectivity index (χ2n) is 4.19. The highest BCUT2D eigenvalue weighted by molar-refractivity contribution is 7.89. The third-order valence-electron chi connectivity index (χ3n) is 2.63. The summed E-state index contributed by atoms with van der Waals surface area (Å²) in [5.74, 6) is 0.574. The molecule has 1 aromatic carbocycles. The Bertz CT molecular complexity index is 639. The zero-order valence-electron chi connectivity index (χ0n) is 11.2. The van der Waals surface area contributed by atoms with Crippen LogP contribution in [0.1, 0.15) is 11.3 Å². The summed E-state index contributed by atoms with van der Waals surface area (Å²) in [5, 5.41) is 8.66. The molecule has 2 rings (SSSR count). The molecule has 0 saturated carbocycles. The van der Waals surface area contributed by atoms with Gasteiger partial charge >= 0.3 is 0 Å². The molecule has 0 fully saturated rings. The van der Waals surface area contributed by atoms with Crippen LogP contribution < -0.4 is 9.46 Å². The van der Waals surface area contributed by atoms with Crippen LogP contribution in [0.25, 0.3) is 0 Å². The Labute approximate surface area is 127 Å². The van der Waals surface area contributed by atoms with Crippen LogP contribution in [0, 0.1) is 0 Å². The molecule has 0 saturated heterocycles. The first-order valence-corrected chi connectivity index (χ1v) is 8.69. The minimum absolute atomic E-state index is 0.0635. The molecule has 8 heteroatoms. The lowest BCUT2D eigenvalue weighted by molar-refractivity contribution is 0.233. The fourth-order valence-electron chi connectivity index (χ4n) is 1.55. The number of hydrogen-bond acceptors (Lipinski definition) is 6. The summed E-state index contributed by atoms with van der Waals surface area (Å²) >= 11 is 1.39. The molecule has 114 valence electrons. The summed E-state index contributed by atoms with van der Waals surface area (Å²) < 4.78 is 32.1. The number of nitrogens with one attached hydrogen (secondary N) is 1. The van der Waals surface area contributed by atoms with Crippen LogP contribution in [0.15, 0.2) is 40.9 Å². The van der Waals surface area contributed by atoms with E-state index in [0.717, 1.165) is 4.88 Å². The Balaban J connectivity index is 1.96. The van der Waals surface area contributed by atoms with Crippen LogP contribution in [0.3, 0.4) is 0 Å². The van der Waals surface area contributed by atoms with Gasteiger partial charge in [0.1, 0.15) is 5.75 Å². The molecular weight excluding hydrogens is 312 g/mol. The first-order chi connectivity index (χ1) is 10.1. The van der Waals surface area contributed by atoms with E-state index in [-0.39, 0.29) is 18.0 Å². The maximum absolute atomic E-state index is 12.1. The summed E-state index contributed by atoms with van der Waals surface area (Å²) in [6, 6.07) is 6.17. The van der Waals surface area contributed by atoms with E-state index in [9.17, 15) is 8.42 Å². The van der Waals surface area contributed by atoms with Gasteiger partial charge in [0.15, 0.2) is 0 Å². The number of aliphatic hydroxyl groups is 1. The molecule has 0 aliphatic heterocycles. The van der Waals surface area contributed by atoms with Gasteiger partial charge in [-0.05, 0) is 24.3 Å². The topological polar surface area (TPSA) is 88.5 Å². The number of aliphatic hydroxyl groups excluding tert-OH is 1. The second kappa shape index (κ2) is 7.51. The van der Waals surface area contributed by atoms with Gasteiger partial charge in [0.05, 0.1) is 17.0 Å². The summed E-state index contributed by atoms with van der Waals surface area (Å²) in [4.78, 5) is 4.92. The Morgan fingerprint density at radius 1 is 1.29 bits per heavy atom. The summed E-state index contributed by atoms with van der Waals surface area (Å²) in [6.45, 7) is 0.682. The molecule has 1 aromatic heterocycles. The molecule has 0 spiro atoms. The van der Waals surface area contributed by atoms with Gasteiger partial charge in [0.25, 0.3) is 0 Å². The summed E-state index contributed by atoms with van der Waals surface area (Å²) in [5.41, 5.74) is 1.65. The van der Waals surface area contributed by atoms with Crippen LogP contribution in [0.2, 0.25) is 0 Å². The zero-order chi connectivity index (χ0) is 15.1. The third kappa shape index (κ3) is 4.78. The highest BCUT2D eigenvalue weighted by Crippen LogP contribution is 2.16. The first-order valence-electron chi connectivity index (χ1n) is 6.32. The number of sulfonamides is 1. The highest BCUT2D eigenvalue weighted by Gasteiger charge is 2.14. The number of nitrogens with zero attached hydrogens (tertiary/aromatic N) is 1. The van der Waals surface area contributed by atoms with Gasteiger partial charge in [0, 0.05) is 30.6 Å². The average Bonchev–Trinajstić information content (AvgIpc) is 3.00. The van der Waals surface area contributed by atoms with Crippen molar-refractivity contribution in [1.29, 1.82) is 0 Å². The Hall–Kier alpha value is -1.48. The average molecular weight is 328 g/mol. The lowest BCUT2D eigenvalue weighted by atomic mass is 10.3. The molecule has 6 nitrogen and oxygen atoms in total. The monoisotopic (exact) mass is 328 g/mol. The fraction of sp³-hybridized carbons (Fsp3) is 0.308. The quantitative estimate of drug-likeness (QED) is 0.715. The largest absolute Gasteiger partial charge is 0.494 e. The highest BCUT2D eigenvalue weighted by atomic mass is 32.2. The van der Waals surface area contributed by atoms with E-state index in [0.29, 0.717) is 18.8 Å². The van der Waals surface area contributed by atoms with Crippen molar-refractivity contribution >= 4 is 21.4 Å². The molecule has 0 atom stereocenters. The molecule has 21 heavy (non-hydrogen) atoms. The first kappa shape index (κ1) is 15.9. The summed E-state index contributed by atoms with van der Waals surface area (Å²) in [6.07, 6.45) is 2.17. The standard InChI is InChI=1S/C13H16N2O4S2/c16-6-1-7-19-11-2-4-13(5-3-11)21(17,18)15-9-12-8-14-10-20-12/h2-5,8,10,15-16H,1,6-7,9H2. The van der Waals surface area contributed by atoms with Crippen LogP contribution in [0.4, 0.5) is 0 Å². The van der Waals surface area contributed by atoms with E-state index >= 15 is 0 Å². The van der Waals surface area contributed by atoms with Crippen molar-refractivity contribution in [2.45, 2.75) is 17.9 Å². The molecule has 0 amide bonds. The number of hydrogen-bond donors (Lipinski definition) is 2. The van der Waals surface area contributed by atoms with Crippen molar-refractivity contribution in [3.8, 4) is 5.75 Å². The Morgan fingerprint density at radius 3 is 2.67 bits per heavy atom. The van der Waals surface area contributed by atoms with Crippen LogP contribution >= 0.6 is 11.3 Å². The van der Waals surface area contributed by atoms with Gasteiger partial charge in [-0.25, -0.2) is 13.1 Å². The van der Waals surface area contributed by atoms with Gasteiger partial charge in [-0.2, -0.15) is 0 Å². The lowest BCUT2D eigenvalue weighted by Crippen LogP contribution is -2.22. The smallest absolute Gasteiger partial charge is 0.240 e. The van der Waals surface area contributed by atoms with E-state index in [4.69, 9.17) is 9.84 Å². The molecule has 2 aromatic rings. The number of thiazole rings is 1. The van der Waals surface area contributed by atoms with Gasteiger partial charge in [-0.3, -0.25) is 4.98 Å². The molecule has 1 heterocycles. The van der Waals surface area contributed by atoms with Crippen LogP contribution in [-0.2, 0) is 16.6 Å². The molecular formula is C13H16N2O4S2. The van der Waals surface area contributed by atoms with Crippen molar-refractivity contribution in [3.63, 3.8) is 0 Å². The minimum atomic E-state index is -3.54. The van der Waals surface area contributed by atoms with Crippen LogP contribution in [0.5, 0.6) is 5.75 Å². The van der Waals surface area contributed by atoms with E-state index < -0.39 is 10.0 Å². The predicted octanol–water partition coefficient (Wildman–Crippen LogP) is 1.38. The van der Waals surface area contributed by atoms with E-state index in [1.54, 1.807) is 23.8 Å². The Kier molecular flexibility index (Phi) is 5.68. The van der Waals surface area contributed by atoms with E-state index in [2.05, 4.69) is 9.71 Å². The molecule has 0 radical (unpaired) electrons. The number of benzene rings is 1. The van der Waals surface area contributed by atoms with Crippen molar-refractivity contribution < 1.29 is 18.3 Å². The van der Waals surface area contributed by atoms with E-state index in [1.165, 1.54) is 23.5 Å². The van der Waals surface area contributed by atoms with Crippen molar-refractivity contribution in [2.24, 2.45) is 0 Å². The lowest BCUT2D eigenvalue weighted by Gasteiger charge is -2.08. The molecule has 0 aliphatic carbocycles. The second-order valence-corrected chi connectivity index (χ2v) is 6.93. The SMILES string of the molecule is O=S(=O)(NCc1cncs1)c1ccc(OCCCO)cc1. The Morgan fingerprint density at radius 2 is 2.05 bits per heavy atom. The number of ether oxygens (including phenoxy) is 1. The van der Waals surface area contributed by atoms with Crippen molar-refractivity contribution in [3.05, 3.63) is 40.8 Å². The van der Waals surface area contributed by atoms with E-state index in [1.807, 2.05) is 0 Å². The minimum Gasteiger partial charge on any atom is -0.494 e. The molecule has 0 aliphatic rings. The fourth-order valence-corrected chi connectivity index (χ4v) is 3.18. The maximum atomic E-state index is 12.1.